The number of nitrogens with zero attached hydrogens (tertiary/aromatic N) is 1. The van der Waals surface area contributed by atoms with E-state index in [2.05, 4.69) is 22.0 Å². The predicted molar refractivity (Wildman–Crippen MR) is 74.7 cm³/mol. The lowest BCUT2D eigenvalue weighted by molar-refractivity contribution is -0.0669. The van der Waals surface area contributed by atoms with Crippen molar-refractivity contribution < 1.29 is 9.47 Å². The molecule has 1 aromatic rings. The van der Waals surface area contributed by atoms with E-state index in [0.717, 1.165) is 4.47 Å². The van der Waals surface area contributed by atoms with Gasteiger partial charge in [-0.25, -0.2) is 0 Å². The Morgan fingerprint density at radius 1 is 1.33 bits per heavy atom. The maximum absolute atomic E-state index is 8.87. The standard InChI is InChI=1S/C14H18BrNO2/c1-10(18-14(2,3)4)9-17-13-6-11(8-16)5-12(15)7-13/h5-7,10H,9H2,1-4H3/t10-/m0/s1. The minimum absolute atomic E-state index is 0.00508. The summed E-state index contributed by atoms with van der Waals surface area (Å²) in [7, 11) is 0. The summed E-state index contributed by atoms with van der Waals surface area (Å²) in [6, 6.07) is 7.40. The molecule has 18 heavy (non-hydrogen) atoms. The minimum atomic E-state index is -0.183. The summed E-state index contributed by atoms with van der Waals surface area (Å²) in [5.74, 6) is 0.672. The van der Waals surface area contributed by atoms with Crippen LogP contribution in [0.3, 0.4) is 0 Å². The fourth-order valence-corrected chi connectivity index (χ4v) is 2.03. The van der Waals surface area contributed by atoms with Gasteiger partial charge in [0, 0.05) is 4.47 Å². The second-order valence-corrected chi connectivity index (χ2v) is 6.05. The zero-order valence-corrected chi connectivity index (χ0v) is 12.7. The van der Waals surface area contributed by atoms with Gasteiger partial charge in [-0.05, 0) is 45.9 Å². The van der Waals surface area contributed by atoms with Gasteiger partial charge < -0.3 is 9.47 Å². The molecule has 1 rings (SSSR count). The molecule has 0 aliphatic heterocycles. The van der Waals surface area contributed by atoms with Crippen LogP contribution in [0.4, 0.5) is 0 Å². The Labute approximate surface area is 117 Å². The van der Waals surface area contributed by atoms with Crippen LogP contribution in [0.2, 0.25) is 0 Å². The van der Waals surface area contributed by atoms with E-state index in [9.17, 15) is 0 Å². The van der Waals surface area contributed by atoms with Gasteiger partial charge in [-0.2, -0.15) is 5.26 Å². The molecule has 0 amide bonds. The maximum Gasteiger partial charge on any atom is 0.121 e. The first-order valence-corrected chi connectivity index (χ1v) is 6.61. The van der Waals surface area contributed by atoms with Gasteiger partial charge in [0.25, 0.3) is 0 Å². The van der Waals surface area contributed by atoms with Crippen molar-refractivity contribution in [3.05, 3.63) is 28.2 Å². The van der Waals surface area contributed by atoms with E-state index in [0.29, 0.717) is 17.9 Å². The third-order valence-electron chi connectivity index (χ3n) is 2.04. The lowest BCUT2D eigenvalue weighted by Crippen LogP contribution is -2.29. The molecule has 0 spiro atoms. The normalized spacial score (nSPS) is 12.9. The molecule has 0 saturated heterocycles. The Kier molecular flexibility index (Phi) is 5.18. The van der Waals surface area contributed by atoms with E-state index < -0.39 is 0 Å². The van der Waals surface area contributed by atoms with Crippen molar-refractivity contribution in [1.82, 2.24) is 0 Å². The molecule has 0 aliphatic rings. The van der Waals surface area contributed by atoms with Crippen LogP contribution in [0.15, 0.2) is 22.7 Å². The number of benzene rings is 1. The molecular formula is C14H18BrNO2. The Morgan fingerprint density at radius 3 is 2.56 bits per heavy atom. The van der Waals surface area contributed by atoms with Gasteiger partial charge in [0.15, 0.2) is 0 Å². The lowest BCUT2D eigenvalue weighted by Gasteiger charge is -2.25. The molecule has 4 heteroatoms. The summed E-state index contributed by atoms with van der Waals surface area (Å²) in [6.07, 6.45) is -0.00508. The van der Waals surface area contributed by atoms with Crippen LogP contribution in [-0.2, 0) is 4.74 Å². The van der Waals surface area contributed by atoms with Crippen LogP contribution in [0.25, 0.3) is 0 Å². The van der Waals surface area contributed by atoms with Gasteiger partial charge in [0.05, 0.1) is 23.3 Å². The second kappa shape index (κ2) is 6.21. The molecule has 1 aromatic carbocycles. The molecule has 98 valence electrons. The van der Waals surface area contributed by atoms with E-state index in [1.165, 1.54) is 0 Å². The molecule has 0 bridgehead atoms. The highest BCUT2D eigenvalue weighted by molar-refractivity contribution is 9.10. The van der Waals surface area contributed by atoms with Crippen LogP contribution in [0, 0.1) is 11.3 Å². The topological polar surface area (TPSA) is 42.2 Å². The molecule has 0 heterocycles. The third kappa shape index (κ3) is 5.52. The zero-order valence-electron chi connectivity index (χ0n) is 11.2. The second-order valence-electron chi connectivity index (χ2n) is 5.14. The molecule has 0 unspecified atom stereocenters. The summed E-state index contributed by atoms with van der Waals surface area (Å²) in [6.45, 7) is 8.45. The maximum atomic E-state index is 8.87. The van der Waals surface area contributed by atoms with Crippen LogP contribution in [-0.4, -0.2) is 18.3 Å². The smallest absolute Gasteiger partial charge is 0.121 e. The van der Waals surface area contributed by atoms with E-state index >= 15 is 0 Å². The van der Waals surface area contributed by atoms with Crippen molar-refractivity contribution in [2.75, 3.05) is 6.61 Å². The van der Waals surface area contributed by atoms with Crippen LogP contribution in [0.5, 0.6) is 5.75 Å². The summed E-state index contributed by atoms with van der Waals surface area (Å²) >= 11 is 3.35. The molecule has 3 nitrogen and oxygen atoms in total. The highest BCUT2D eigenvalue weighted by atomic mass is 79.9. The first-order valence-electron chi connectivity index (χ1n) is 5.81. The van der Waals surface area contributed by atoms with E-state index in [4.69, 9.17) is 14.7 Å². The summed E-state index contributed by atoms with van der Waals surface area (Å²) in [5, 5.41) is 8.87. The lowest BCUT2D eigenvalue weighted by atomic mass is 10.2. The van der Waals surface area contributed by atoms with Crippen LogP contribution < -0.4 is 4.74 Å². The van der Waals surface area contributed by atoms with E-state index in [1.54, 1.807) is 12.1 Å². The fourth-order valence-electron chi connectivity index (χ4n) is 1.56. The largest absolute Gasteiger partial charge is 0.491 e. The number of hydrogen-bond acceptors (Lipinski definition) is 3. The SMILES string of the molecule is C[C@@H](COc1cc(Br)cc(C#N)c1)OC(C)(C)C. The molecule has 0 fully saturated rings. The molecule has 0 N–H and O–H groups in total. The monoisotopic (exact) mass is 311 g/mol. The molecule has 0 aliphatic carbocycles. The number of rotatable bonds is 4. The van der Waals surface area contributed by atoms with Crippen molar-refractivity contribution in [2.45, 2.75) is 39.4 Å². The average molecular weight is 312 g/mol. The predicted octanol–water partition coefficient (Wildman–Crippen LogP) is 3.90. The molecule has 1 atom stereocenters. The first kappa shape index (κ1) is 15.0. The molecule has 0 radical (unpaired) electrons. The van der Waals surface area contributed by atoms with Gasteiger partial charge in [0.1, 0.15) is 12.4 Å². The quantitative estimate of drug-likeness (QED) is 0.846. The van der Waals surface area contributed by atoms with Crippen molar-refractivity contribution >= 4 is 15.9 Å². The number of nitriles is 1. The highest BCUT2D eigenvalue weighted by Crippen LogP contribution is 2.21. The van der Waals surface area contributed by atoms with Gasteiger partial charge in [0.2, 0.25) is 0 Å². The molecule has 0 saturated carbocycles. The van der Waals surface area contributed by atoms with Crippen molar-refractivity contribution in [3.63, 3.8) is 0 Å². The Bertz CT molecular complexity index is 446. The highest BCUT2D eigenvalue weighted by Gasteiger charge is 2.15. The zero-order chi connectivity index (χ0) is 13.8. The number of hydrogen-bond donors (Lipinski definition) is 0. The van der Waals surface area contributed by atoms with Gasteiger partial charge in [-0.15, -0.1) is 0 Å². The van der Waals surface area contributed by atoms with E-state index in [-0.39, 0.29) is 11.7 Å². The van der Waals surface area contributed by atoms with Gasteiger partial charge >= 0.3 is 0 Å². The molecular weight excluding hydrogens is 294 g/mol. The summed E-state index contributed by atoms with van der Waals surface area (Å²) < 4.78 is 12.2. The van der Waals surface area contributed by atoms with Crippen molar-refractivity contribution in [2.24, 2.45) is 0 Å². The van der Waals surface area contributed by atoms with Crippen molar-refractivity contribution in [3.8, 4) is 11.8 Å². The average Bonchev–Trinajstić information content (AvgIpc) is 2.23. The number of ether oxygens (including phenoxy) is 2. The first-order chi connectivity index (χ1) is 8.30. The fraction of sp³-hybridized carbons (Fsp3) is 0.500. The summed E-state index contributed by atoms with van der Waals surface area (Å²) in [4.78, 5) is 0. The van der Waals surface area contributed by atoms with E-state index in [1.807, 2.05) is 33.8 Å². The minimum Gasteiger partial charge on any atom is -0.491 e. The number of halogens is 1. The summed E-state index contributed by atoms with van der Waals surface area (Å²) in [5.41, 5.74) is 0.390. The Morgan fingerprint density at radius 2 is 2.00 bits per heavy atom. The van der Waals surface area contributed by atoms with Crippen LogP contribution >= 0.6 is 15.9 Å². The third-order valence-corrected chi connectivity index (χ3v) is 2.50. The van der Waals surface area contributed by atoms with Crippen LogP contribution in [0.1, 0.15) is 33.3 Å². The van der Waals surface area contributed by atoms with Gasteiger partial charge in [-0.1, -0.05) is 15.9 Å². The van der Waals surface area contributed by atoms with Gasteiger partial charge in [-0.3, -0.25) is 0 Å². The Hall–Kier alpha value is -1.05. The molecule has 0 aromatic heterocycles. The van der Waals surface area contributed by atoms with Crippen molar-refractivity contribution in [1.29, 1.82) is 5.26 Å². The Balaban J connectivity index is 2.59.